The van der Waals surface area contributed by atoms with Gasteiger partial charge in [-0.2, -0.15) is 10.4 Å². The van der Waals surface area contributed by atoms with Crippen molar-refractivity contribution in [1.29, 1.82) is 5.26 Å². The maximum atomic E-state index is 8.95. The maximum absolute atomic E-state index is 8.95. The van der Waals surface area contributed by atoms with Crippen LogP contribution in [0.5, 0.6) is 0 Å². The fourth-order valence-electron chi connectivity index (χ4n) is 1.22. The van der Waals surface area contributed by atoms with Crippen molar-refractivity contribution in [3.8, 4) is 6.07 Å². The Balaban J connectivity index is 2.73. The van der Waals surface area contributed by atoms with Crippen molar-refractivity contribution in [1.82, 2.24) is 9.61 Å². The normalized spacial score (nSPS) is 10.2. The molecule has 2 aromatic rings. The molecule has 0 fully saturated rings. The van der Waals surface area contributed by atoms with E-state index in [0.717, 1.165) is 11.1 Å². The second-order valence-corrected chi connectivity index (χ2v) is 2.68. The molecule has 0 aromatic carbocycles. The number of fused-ring (bicyclic) bond motifs is 1. The lowest BCUT2D eigenvalue weighted by molar-refractivity contribution is 0.283. The third-order valence-electron chi connectivity index (χ3n) is 1.90. The summed E-state index contributed by atoms with van der Waals surface area (Å²) in [5.41, 5.74) is 2.08. The van der Waals surface area contributed by atoms with Gasteiger partial charge in [0, 0.05) is 11.8 Å². The third kappa shape index (κ3) is 1.15. The largest absolute Gasteiger partial charge is 0.392 e. The molecule has 2 aromatic heterocycles. The van der Waals surface area contributed by atoms with E-state index in [0.29, 0.717) is 5.56 Å². The zero-order valence-corrected chi connectivity index (χ0v) is 6.81. The van der Waals surface area contributed by atoms with E-state index in [1.54, 1.807) is 29.0 Å². The second-order valence-electron chi connectivity index (χ2n) is 2.68. The van der Waals surface area contributed by atoms with Crippen LogP contribution in [-0.2, 0) is 6.61 Å². The summed E-state index contributed by atoms with van der Waals surface area (Å²) >= 11 is 0. The highest BCUT2D eigenvalue weighted by molar-refractivity contribution is 5.56. The molecule has 4 nitrogen and oxygen atoms in total. The Labute approximate surface area is 74.7 Å². The summed E-state index contributed by atoms with van der Waals surface area (Å²) in [6.45, 7) is -0.0572. The van der Waals surface area contributed by atoms with Crippen molar-refractivity contribution in [3.63, 3.8) is 0 Å². The highest BCUT2D eigenvalue weighted by Gasteiger charge is 2.02. The Morgan fingerprint density at radius 1 is 1.62 bits per heavy atom. The van der Waals surface area contributed by atoms with Crippen molar-refractivity contribution < 1.29 is 5.11 Å². The Kier molecular flexibility index (Phi) is 1.72. The molecule has 4 heteroatoms. The van der Waals surface area contributed by atoms with Crippen LogP contribution in [0.1, 0.15) is 11.1 Å². The lowest BCUT2D eigenvalue weighted by Crippen LogP contribution is -1.88. The van der Waals surface area contributed by atoms with E-state index in [1.165, 1.54) is 0 Å². The number of hydrogen-bond acceptors (Lipinski definition) is 3. The van der Waals surface area contributed by atoms with Crippen LogP contribution in [0.4, 0.5) is 0 Å². The maximum Gasteiger partial charge on any atom is 0.0992 e. The first-order valence-corrected chi connectivity index (χ1v) is 3.82. The molecule has 0 aliphatic rings. The van der Waals surface area contributed by atoms with Crippen LogP contribution in [0.25, 0.3) is 5.52 Å². The van der Waals surface area contributed by atoms with Crippen LogP contribution in [0, 0.1) is 11.3 Å². The molecule has 1 N–H and O–H groups in total. The van der Waals surface area contributed by atoms with E-state index < -0.39 is 0 Å². The fourth-order valence-corrected chi connectivity index (χ4v) is 1.22. The van der Waals surface area contributed by atoms with E-state index in [2.05, 4.69) is 5.10 Å². The number of aromatic nitrogens is 2. The Bertz CT molecular complexity index is 481. The number of aliphatic hydroxyl groups is 1. The zero-order chi connectivity index (χ0) is 9.26. The van der Waals surface area contributed by atoms with Crippen molar-refractivity contribution >= 4 is 5.52 Å². The molecule has 0 aliphatic carbocycles. The van der Waals surface area contributed by atoms with Crippen LogP contribution in [0.2, 0.25) is 0 Å². The van der Waals surface area contributed by atoms with Gasteiger partial charge in [-0.15, -0.1) is 0 Å². The van der Waals surface area contributed by atoms with Crippen LogP contribution < -0.4 is 0 Å². The summed E-state index contributed by atoms with van der Waals surface area (Å²) < 4.78 is 1.63. The van der Waals surface area contributed by atoms with E-state index in [9.17, 15) is 0 Å². The molecule has 0 aliphatic heterocycles. The van der Waals surface area contributed by atoms with Gasteiger partial charge in [0.15, 0.2) is 0 Å². The smallest absolute Gasteiger partial charge is 0.0992 e. The number of pyridine rings is 1. The quantitative estimate of drug-likeness (QED) is 0.690. The summed E-state index contributed by atoms with van der Waals surface area (Å²) in [6, 6.07) is 5.43. The molecule has 0 radical (unpaired) electrons. The van der Waals surface area contributed by atoms with Gasteiger partial charge in [-0.3, -0.25) is 0 Å². The number of nitriles is 1. The average molecular weight is 173 g/mol. The lowest BCUT2D eigenvalue weighted by atomic mass is 10.2. The van der Waals surface area contributed by atoms with Gasteiger partial charge in [0.05, 0.1) is 30.0 Å². The van der Waals surface area contributed by atoms with Gasteiger partial charge in [0.1, 0.15) is 0 Å². The summed E-state index contributed by atoms with van der Waals surface area (Å²) in [4.78, 5) is 0. The number of hydrogen-bond donors (Lipinski definition) is 1. The van der Waals surface area contributed by atoms with Crippen molar-refractivity contribution in [3.05, 3.63) is 35.7 Å². The van der Waals surface area contributed by atoms with Gasteiger partial charge in [0.2, 0.25) is 0 Å². The summed E-state index contributed by atoms with van der Waals surface area (Å²) in [5, 5.41) is 21.6. The lowest BCUT2D eigenvalue weighted by Gasteiger charge is -1.94. The van der Waals surface area contributed by atoms with Gasteiger partial charge in [-0.05, 0) is 12.1 Å². The molecule has 0 bridgehead atoms. The van der Waals surface area contributed by atoms with Gasteiger partial charge < -0.3 is 5.11 Å². The topological polar surface area (TPSA) is 61.3 Å². The van der Waals surface area contributed by atoms with Gasteiger partial charge in [-0.25, -0.2) is 4.52 Å². The van der Waals surface area contributed by atoms with Gasteiger partial charge in [0.25, 0.3) is 0 Å². The molecule has 0 amide bonds. The van der Waals surface area contributed by atoms with Crippen molar-refractivity contribution in [2.24, 2.45) is 0 Å². The van der Waals surface area contributed by atoms with E-state index in [1.807, 2.05) is 6.07 Å². The summed E-state index contributed by atoms with van der Waals surface area (Å²) in [7, 11) is 0. The first-order valence-electron chi connectivity index (χ1n) is 3.82. The van der Waals surface area contributed by atoms with E-state index >= 15 is 0 Å². The molecule has 0 saturated heterocycles. The summed E-state index contributed by atoms with van der Waals surface area (Å²) in [6.07, 6.45) is 3.30. The molecule has 2 heterocycles. The zero-order valence-electron chi connectivity index (χ0n) is 6.81. The molecular weight excluding hydrogens is 166 g/mol. The van der Waals surface area contributed by atoms with Crippen molar-refractivity contribution in [2.45, 2.75) is 6.61 Å². The SMILES string of the molecule is N#Cc1ccn2ncc(CO)c2c1. The second kappa shape index (κ2) is 2.88. The molecule has 64 valence electrons. The van der Waals surface area contributed by atoms with E-state index in [4.69, 9.17) is 10.4 Å². The third-order valence-corrected chi connectivity index (χ3v) is 1.90. The molecule has 0 saturated carbocycles. The Morgan fingerprint density at radius 2 is 2.46 bits per heavy atom. The predicted molar refractivity (Wildman–Crippen MR) is 45.8 cm³/mol. The minimum absolute atomic E-state index is 0.0572. The molecule has 13 heavy (non-hydrogen) atoms. The van der Waals surface area contributed by atoms with Crippen LogP contribution >= 0.6 is 0 Å². The Hall–Kier alpha value is -1.86. The fraction of sp³-hybridized carbons (Fsp3) is 0.111. The summed E-state index contributed by atoms with van der Waals surface area (Å²) in [5.74, 6) is 0. The Morgan fingerprint density at radius 3 is 3.15 bits per heavy atom. The van der Waals surface area contributed by atoms with Gasteiger partial charge >= 0.3 is 0 Å². The standard InChI is InChI=1S/C9H7N3O/c10-4-7-1-2-12-9(3-7)8(6-13)5-11-12/h1-3,5,13H,6H2. The highest BCUT2D eigenvalue weighted by atomic mass is 16.3. The predicted octanol–water partition coefficient (Wildman–Crippen LogP) is 0.698. The van der Waals surface area contributed by atoms with Crippen LogP contribution in [0.15, 0.2) is 24.5 Å². The average Bonchev–Trinajstić information content (AvgIpc) is 2.59. The molecule has 0 spiro atoms. The minimum Gasteiger partial charge on any atom is -0.392 e. The molecular formula is C9H7N3O. The number of nitrogens with zero attached hydrogens (tertiary/aromatic N) is 3. The number of rotatable bonds is 1. The molecule has 0 unspecified atom stereocenters. The molecule has 0 atom stereocenters. The van der Waals surface area contributed by atoms with Crippen LogP contribution in [0.3, 0.4) is 0 Å². The van der Waals surface area contributed by atoms with Crippen molar-refractivity contribution in [2.75, 3.05) is 0 Å². The van der Waals surface area contributed by atoms with Gasteiger partial charge in [-0.1, -0.05) is 0 Å². The first kappa shape index (κ1) is 7.77. The minimum atomic E-state index is -0.0572. The highest BCUT2D eigenvalue weighted by Crippen LogP contribution is 2.11. The van der Waals surface area contributed by atoms with E-state index in [-0.39, 0.29) is 6.61 Å². The first-order chi connectivity index (χ1) is 6.35. The van der Waals surface area contributed by atoms with Crippen LogP contribution in [-0.4, -0.2) is 14.7 Å². The molecule has 2 rings (SSSR count). The monoisotopic (exact) mass is 173 g/mol. The number of aliphatic hydroxyl groups excluding tert-OH is 1.